The van der Waals surface area contributed by atoms with E-state index in [-0.39, 0.29) is 12.4 Å². The van der Waals surface area contributed by atoms with Gasteiger partial charge in [-0.2, -0.15) is 0 Å². The summed E-state index contributed by atoms with van der Waals surface area (Å²) >= 11 is 0. The third-order valence-corrected chi connectivity index (χ3v) is 6.00. The van der Waals surface area contributed by atoms with Crippen LogP contribution in [-0.2, 0) is 25.7 Å². The van der Waals surface area contributed by atoms with Gasteiger partial charge in [0.15, 0.2) is 5.78 Å². The molecule has 0 radical (unpaired) electrons. The zero-order valence-electron chi connectivity index (χ0n) is 18.2. The summed E-state index contributed by atoms with van der Waals surface area (Å²) in [6, 6.07) is 16.3. The quantitative estimate of drug-likeness (QED) is 0.656. The lowest BCUT2D eigenvalue weighted by molar-refractivity contribution is -0.148. The van der Waals surface area contributed by atoms with Gasteiger partial charge in [0.05, 0.1) is 12.7 Å². The Morgan fingerprint density at radius 3 is 2.44 bits per heavy atom. The molecule has 164 valence electrons. The van der Waals surface area contributed by atoms with Gasteiger partial charge in [-0.05, 0) is 43.0 Å². The lowest BCUT2D eigenvalue weighted by Crippen LogP contribution is -2.37. The van der Waals surface area contributed by atoms with Crippen LogP contribution >= 0.6 is 0 Å². The number of Topliss-reactive ketones (excluding diaryl/α,β-unsaturated/α-hetero) is 1. The van der Waals surface area contributed by atoms with Crippen LogP contribution in [0.25, 0.3) is 0 Å². The maximum Gasteiger partial charge on any atom is 0.337 e. The third kappa shape index (κ3) is 4.26. The number of methoxy groups -OCH3 is 1. The average molecular weight is 431 g/mol. The van der Waals surface area contributed by atoms with Crippen molar-refractivity contribution < 1.29 is 23.9 Å². The van der Waals surface area contributed by atoms with Crippen LogP contribution in [0.2, 0.25) is 0 Å². The van der Waals surface area contributed by atoms with Crippen LogP contribution in [0.15, 0.2) is 70.9 Å². The molecule has 1 heterocycles. The van der Waals surface area contributed by atoms with Gasteiger partial charge in [0, 0.05) is 29.3 Å². The van der Waals surface area contributed by atoms with Crippen molar-refractivity contribution in [3.05, 3.63) is 82.6 Å². The van der Waals surface area contributed by atoms with E-state index in [9.17, 15) is 14.4 Å². The molecule has 0 spiro atoms. The summed E-state index contributed by atoms with van der Waals surface area (Å²) in [6.45, 7) is 1.96. The van der Waals surface area contributed by atoms with E-state index >= 15 is 0 Å². The molecule has 0 aromatic heterocycles. The first-order valence-corrected chi connectivity index (χ1v) is 10.7. The van der Waals surface area contributed by atoms with Crippen molar-refractivity contribution in [2.45, 2.75) is 38.7 Å². The molecule has 1 unspecified atom stereocenters. The lowest BCUT2D eigenvalue weighted by Gasteiger charge is -2.34. The molecular weight excluding hydrogens is 406 g/mol. The van der Waals surface area contributed by atoms with E-state index in [2.05, 4.69) is 4.99 Å². The average Bonchev–Trinajstić information content (AvgIpc) is 2.82. The number of hydrogen-bond donors (Lipinski definition) is 0. The highest BCUT2D eigenvalue weighted by molar-refractivity contribution is 6.08. The van der Waals surface area contributed by atoms with Crippen molar-refractivity contribution in [1.82, 2.24) is 0 Å². The standard InChI is InChI=1S/C26H25NO5/c1-16-22(26(30)32-15-17-7-4-3-5-8-17)23(24-20(27-16)9-6-10-21(24)28)18-11-13-19(14-12-18)25(29)31-2/h3-5,7-8,11-14,22-23H,6,9-10,15H2,1-2H3/t22?,23-/m1/s1. The molecule has 6 nitrogen and oxygen atoms in total. The van der Waals surface area contributed by atoms with Crippen LogP contribution in [0, 0.1) is 5.92 Å². The van der Waals surface area contributed by atoms with Gasteiger partial charge in [-0.25, -0.2) is 4.79 Å². The molecular formula is C26H25NO5. The van der Waals surface area contributed by atoms with Crippen LogP contribution < -0.4 is 0 Å². The largest absolute Gasteiger partial charge is 0.465 e. The molecule has 4 rings (SSSR count). The van der Waals surface area contributed by atoms with Gasteiger partial charge < -0.3 is 9.47 Å². The monoisotopic (exact) mass is 431 g/mol. The van der Waals surface area contributed by atoms with Gasteiger partial charge in [0.2, 0.25) is 0 Å². The van der Waals surface area contributed by atoms with Crippen molar-refractivity contribution in [3.63, 3.8) is 0 Å². The summed E-state index contributed by atoms with van der Waals surface area (Å²) in [5.74, 6) is -2.04. The first-order chi connectivity index (χ1) is 15.5. The zero-order valence-corrected chi connectivity index (χ0v) is 18.2. The molecule has 2 atom stereocenters. The molecule has 0 N–H and O–H groups in total. The minimum absolute atomic E-state index is 0.0189. The maximum atomic E-state index is 13.3. The van der Waals surface area contributed by atoms with Crippen molar-refractivity contribution in [2.75, 3.05) is 7.11 Å². The minimum Gasteiger partial charge on any atom is -0.465 e. The normalized spacial score (nSPS) is 20.3. The number of esters is 2. The fraction of sp³-hybridized carbons (Fsp3) is 0.308. The van der Waals surface area contributed by atoms with E-state index in [0.717, 1.165) is 23.2 Å². The van der Waals surface area contributed by atoms with Crippen molar-refractivity contribution in [3.8, 4) is 0 Å². The number of hydrogen-bond acceptors (Lipinski definition) is 6. The first kappa shape index (κ1) is 21.7. The van der Waals surface area contributed by atoms with E-state index in [0.29, 0.717) is 29.7 Å². The summed E-state index contributed by atoms with van der Waals surface area (Å²) in [5, 5.41) is 0. The van der Waals surface area contributed by atoms with E-state index in [4.69, 9.17) is 9.47 Å². The van der Waals surface area contributed by atoms with Crippen molar-refractivity contribution in [1.29, 1.82) is 0 Å². The SMILES string of the molecule is COC(=O)c1ccc([C@H]2C3=C(CCCC3=O)N=C(C)C2C(=O)OCc2ccccc2)cc1. The Morgan fingerprint density at radius 2 is 1.75 bits per heavy atom. The minimum atomic E-state index is -0.705. The number of nitrogens with zero attached hydrogens (tertiary/aromatic N) is 1. The molecule has 0 amide bonds. The Bertz CT molecular complexity index is 1100. The molecule has 1 aliphatic heterocycles. The lowest BCUT2D eigenvalue weighted by atomic mass is 9.71. The number of carbonyl (C=O) groups is 3. The van der Waals surface area contributed by atoms with Crippen LogP contribution in [0.1, 0.15) is 53.6 Å². The smallest absolute Gasteiger partial charge is 0.337 e. The number of aliphatic imine (C=N–C) groups is 1. The summed E-state index contributed by atoms with van der Waals surface area (Å²) in [5.41, 5.74) is 4.06. The Labute approximate surface area is 187 Å². The topological polar surface area (TPSA) is 82.0 Å². The van der Waals surface area contributed by atoms with Gasteiger partial charge in [-0.1, -0.05) is 42.5 Å². The van der Waals surface area contributed by atoms with Crippen LogP contribution in [0.3, 0.4) is 0 Å². The number of allylic oxidation sites excluding steroid dienone is 2. The Balaban J connectivity index is 1.69. The second-order valence-electron chi connectivity index (χ2n) is 8.05. The third-order valence-electron chi connectivity index (χ3n) is 6.00. The molecule has 0 saturated carbocycles. The Hall–Kier alpha value is -3.54. The predicted octanol–water partition coefficient (Wildman–Crippen LogP) is 4.40. The highest BCUT2D eigenvalue weighted by Gasteiger charge is 2.43. The molecule has 2 aromatic rings. The fourth-order valence-electron chi connectivity index (χ4n) is 4.43. The highest BCUT2D eigenvalue weighted by atomic mass is 16.5. The van der Waals surface area contributed by atoms with E-state index < -0.39 is 23.8 Å². The van der Waals surface area contributed by atoms with Crippen LogP contribution in [0.5, 0.6) is 0 Å². The van der Waals surface area contributed by atoms with Gasteiger partial charge in [-0.15, -0.1) is 0 Å². The number of rotatable bonds is 5. The molecule has 0 bridgehead atoms. The number of ether oxygens (including phenoxy) is 2. The first-order valence-electron chi connectivity index (χ1n) is 10.7. The van der Waals surface area contributed by atoms with Crippen LogP contribution in [0.4, 0.5) is 0 Å². The Kier molecular flexibility index (Phi) is 6.30. The van der Waals surface area contributed by atoms with Crippen molar-refractivity contribution >= 4 is 23.4 Å². The second kappa shape index (κ2) is 9.30. The van der Waals surface area contributed by atoms with Gasteiger partial charge >= 0.3 is 11.9 Å². The number of ketones is 1. The summed E-state index contributed by atoms with van der Waals surface area (Å²) < 4.78 is 10.4. The molecule has 2 aromatic carbocycles. The molecule has 6 heteroatoms. The van der Waals surface area contributed by atoms with Gasteiger partial charge in [0.1, 0.15) is 12.5 Å². The summed E-state index contributed by atoms with van der Waals surface area (Å²) in [6.07, 6.45) is 1.91. The molecule has 0 saturated heterocycles. The van der Waals surface area contributed by atoms with Gasteiger partial charge in [0.25, 0.3) is 0 Å². The number of carbonyl (C=O) groups excluding carboxylic acids is 3. The maximum absolute atomic E-state index is 13.3. The van der Waals surface area contributed by atoms with E-state index in [1.54, 1.807) is 24.3 Å². The Morgan fingerprint density at radius 1 is 1.03 bits per heavy atom. The molecule has 0 fully saturated rings. The second-order valence-corrected chi connectivity index (χ2v) is 8.05. The fourth-order valence-corrected chi connectivity index (χ4v) is 4.43. The predicted molar refractivity (Wildman–Crippen MR) is 119 cm³/mol. The zero-order chi connectivity index (χ0) is 22.7. The summed E-state index contributed by atoms with van der Waals surface area (Å²) in [7, 11) is 1.33. The van der Waals surface area contributed by atoms with Crippen molar-refractivity contribution in [2.24, 2.45) is 10.9 Å². The molecule has 32 heavy (non-hydrogen) atoms. The summed E-state index contributed by atoms with van der Waals surface area (Å²) in [4.78, 5) is 42.7. The van der Waals surface area contributed by atoms with Gasteiger partial charge in [-0.3, -0.25) is 14.6 Å². The molecule has 2 aliphatic rings. The highest BCUT2D eigenvalue weighted by Crippen LogP contribution is 2.43. The van der Waals surface area contributed by atoms with E-state index in [1.165, 1.54) is 7.11 Å². The number of benzene rings is 2. The van der Waals surface area contributed by atoms with E-state index in [1.807, 2.05) is 37.3 Å². The van der Waals surface area contributed by atoms with Crippen LogP contribution in [-0.4, -0.2) is 30.5 Å². The molecule has 1 aliphatic carbocycles.